The number of carbonyl (C=O) groups is 1. The molecule has 0 saturated carbocycles. The third-order valence-electron chi connectivity index (χ3n) is 2.87. The summed E-state index contributed by atoms with van der Waals surface area (Å²) < 4.78 is 10.7. The first-order valence-electron chi connectivity index (χ1n) is 6.49. The Bertz CT molecular complexity index is 401. The third kappa shape index (κ3) is 4.28. The Morgan fingerprint density at radius 3 is 3.16 bits per heavy atom. The van der Waals surface area contributed by atoms with Crippen LogP contribution in [0.4, 0.5) is 0 Å². The molecule has 0 bridgehead atoms. The molecule has 0 aliphatic carbocycles. The van der Waals surface area contributed by atoms with E-state index in [9.17, 15) is 4.79 Å². The van der Waals surface area contributed by atoms with Crippen LogP contribution in [-0.2, 0) is 9.47 Å². The van der Waals surface area contributed by atoms with E-state index in [4.69, 9.17) is 14.6 Å². The summed E-state index contributed by atoms with van der Waals surface area (Å²) in [5.74, 6) is -0.0816. The lowest BCUT2D eigenvalue weighted by atomic mass is 10.2. The summed E-state index contributed by atoms with van der Waals surface area (Å²) in [6, 6.07) is 3.81. The molecule has 1 unspecified atom stereocenters. The summed E-state index contributed by atoms with van der Waals surface area (Å²) in [6.07, 6.45) is 2.29. The van der Waals surface area contributed by atoms with Crippen LogP contribution >= 0.6 is 11.3 Å². The van der Waals surface area contributed by atoms with E-state index in [-0.39, 0.29) is 18.6 Å². The smallest absolute Gasteiger partial charge is 0.261 e. The van der Waals surface area contributed by atoms with Gasteiger partial charge in [0, 0.05) is 18.0 Å². The molecule has 106 valence electrons. The van der Waals surface area contributed by atoms with Gasteiger partial charge in [-0.15, -0.1) is 11.3 Å². The lowest BCUT2D eigenvalue weighted by Gasteiger charge is -2.05. The molecule has 2 N–H and O–H groups in total. The van der Waals surface area contributed by atoms with E-state index >= 15 is 0 Å². The average molecular weight is 285 g/mol. The molecule has 1 fully saturated rings. The normalized spacial score (nSPS) is 18.7. The topological polar surface area (TPSA) is 67.8 Å². The van der Waals surface area contributed by atoms with E-state index < -0.39 is 0 Å². The lowest BCUT2D eigenvalue weighted by Crippen LogP contribution is -2.26. The first kappa shape index (κ1) is 14.5. The lowest BCUT2D eigenvalue weighted by molar-refractivity contribution is 0.0840. The maximum Gasteiger partial charge on any atom is 0.261 e. The monoisotopic (exact) mass is 285 g/mol. The SMILES string of the molecule is O=C(NCCOCCO)c1ccc(C2CCCO2)s1. The van der Waals surface area contributed by atoms with Gasteiger partial charge in [-0.05, 0) is 25.0 Å². The van der Waals surface area contributed by atoms with Crippen LogP contribution in [-0.4, -0.2) is 44.0 Å². The van der Waals surface area contributed by atoms with Crippen LogP contribution in [0, 0.1) is 0 Å². The zero-order valence-electron chi connectivity index (χ0n) is 10.8. The Hall–Kier alpha value is -0.950. The second kappa shape index (κ2) is 7.59. The zero-order valence-corrected chi connectivity index (χ0v) is 11.6. The van der Waals surface area contributed by atoms with Gasteiger partial charge in [0.2, 0.25) is 0 Å². The molecule has 0 radical (unpaired) electrons. The van der Waals surface area contributed by atoms with Crippen LogP contribution in [0.5, 0.6) is 0 Å². The molecule has 1 saturated heterocycles. The first-order chi connectivity index (χ1) is 9.31. The first-order valence-corrected chi connectivity index (χ1v) is 7.31. The third-order valence-corrected chi connectivity index (χ3v) is 4.04. The predicted octanol–water partition coefficient (Wildman–Crippen LogP) is 1.34. The predicted molar refractivity (Wildman–Crippen MR) is 72.5 cm³/mol. The molecule has 5 nitrogen and oxygen atoms in total. The van der Waals surface area contributed by atoms with Crippen molar-refractivity contribution in [3.8, 4) is 0 Å². The molecule has 2 rings (SSSR count). The van der Waals surface area contributed by atoms with Crippen molar-refractivity contribution in [1.82, 2.24) is 5.32 Å². The van der Waals surface area contributed by atoms with Gasteiger partial charge in [-0.2, -0.15) is 0 Å². The minimum Gasteiger partial charge on any atom is -0.394 e. The van der Waals surface area contributed by atoms with Crippen molar-refractivity contribution in [3.05, 3.63) is 21.9 Å². The Morgan fingerprint density at radius 2 is 2.42 bits per heavy atom. The highest BCUT2D eigenvalue weighted by atomic mass is 32.1. The number of rotatable bonds is 7. The Kier molecular flexibility index (Phi) is 5.78. The van der Waals surface area contributed by atoms with Crippen molar-refractivity contribution in [2.45, 2.75) is 18.9 Å². The van der Waals surface area contributed by atoms with Gasteiger partial charge in [-0.25, -0.2) is 0 Å². The van der Waals surface area contributed by atoms with E-state index in [1.807, 2.05) is 12.1 Å². The Morgan fingerprint density at radius 1 is 1.53 bits per heavy atom. The molecule has 1 aliphatic rings. The molecule has 1 aliphatic heterocycles. The number of amides is 1. The number of aliphatic hydroxyl groups is 1. The van der Waals surface area contributed by atoms with Crippen LogP contribution < -0.4 is 5.32 Å². The summed E-state index contributed by atoms with van der Waals surface area (Å²) >= 11 is 1.49. The fourth-order valence-corrected chi connectivity index (χ4v) is 2.95. The molecule has 1 aromatic rings. The second-order valence-electron chi connectivity index (χ2n) is 4.30. The van der Waals surface area contributed by atoms with Crippen LogP contribution in [0.15, 0.2) is 12.1 Å². The molecule has 1 atom stereocenters. The second-order valence-corrected chi connectivity index (χ2v) is 5.41. The number of nitrogens with one attached hydrogen (secondary N) is 1. The van der Waals surface area contributed by atoms with Gasteiger partial charge < -0.3 is 19.9 Å². The van der Waals surface area contributed by atoms with Crippen molar-refractivity contribution in [2.24, 2.45) is 0 Å². The van der Waals surface area contributed by atoms with Gasteiger partial charge in [-0.3, -0.25) is 4.79 Å². The van der Waals surface area contributed by atoms with Crippen molar-refractivity contribution in [3.63, 3.8) is 0 Å². The van der Waals surface area contributed by atoms with Gasteiger partial charge in [0.25, 0.3) is 5.91 Å². The van der Waals surface area contributed by atoms with Gasteiger partial charge >= 0.3 is 0 Å². The molecule has 6 heteroatoms. The average Bonchev–Trinajstić information content (AvgIpc) is 3.08. The van der Waals surface area contributed by atoms with Crippen LogP contribution in [0.2, 0.25) is 0 Å². The van der Waals surface area contributed by atoms with E-state index in [1.54, 1.807) is 0 Å². The van der Waals surface area contributed by atoms with E-state index in [1.165, 1.54) is 11.3 Å². The van der Waals surface area contributed by atoms with Crippen molar-refractivity contribution in [2.75, 3.05) is 33.0 Å². The number of ether oxygens (including phenoxy) is 2. The number of thiophene rings is 1. The molecular formula is C13H19NO4S. The van der Waals surface area contributed by atoms with Gasteiger partial charge in [-0.1, -0.05) is 0 Å². The highest BCUT2D eigenvalue weighted by molar-refractivity contribution is 7.14. The van der Waals surface area contributed by atoms with E-state index in [2.05, 4.69) is 5.32 Å². The summed E-state index contributed by atoms with van der Waals surface area (Å²) in [7, 11) is 0. The van der Waals surface area contributed by atoms with Crippen molar-refractivity contribution in [1.29, 1.82) is 0 Å². The van der Waals surface area contributed by atoms with Crippen LogP contribution in [0.25, 0.3) is 0 Å². The quantitative estimate of drug-likeness (QED) is 0.742. The molecular weight excluding hydrogens is 266 g/mol. The highest BCUT2D eigenvalue weighted by Crippen LogP contribution is 2.33. The van der Waals surface area contributed by atoms with Gasteiger partial charge in [0.1, 0.15) is 0 Å². The Balaban J connectivity index is 1.76. The molecule has 0 aromatic carbocycles. The van der Waals surface area contributed by atoms with Crippen LogP contribution in [0.3, 0.4) is 0 Å². The standard InChI is InChI=1S/C13H19NO4S/c15-6-9-17-8-5-14-13(16)12-4-3-11(19-12)10-2-1-7-18-10/h3-4,10,15H,1-2,5-9H2,(H,14,16). The highest BCUT2D eigenvalue weighted by Gasteiger charge is 2.20. The number of hydrogen-bond donors (Lipinski definition) is 2. The van der Waals surface area contributed by atoms with Gasteiger partial charge in [0.15, 0.2) is 0 Å². The number of aliphatic hydroxyl groups excluding tert-OH is 1. The van der Waals surface area contributed by atoms with Gasteiger partial charge in [0.05, 0.1) is 30.8 Å². The maximum atomic E-state index is 11.9. The van der Waals surface area contributed by atoms with Crippen molar-refractivity contribution >= 4 is 17.2 Å². The fraction of sp³-hybridized carbons (Fsp3) is 0.615. The minimum absolute atomic E-state index is 0.00359. The number of carbonyl (C=O) groups excluding carboxylic acids is 1. The summed E-state index contributed by atoms with van der Waals surface area (Å²) in [5.41, 5.74) is 0. The molecule has 0 spiro atoms. The summed E-state index contributed by atoms with van der Waals surface area (Å²) in [5, 5.41) is 11.3. The van der Waals surface area contributed by atoms with E-state index in [0.29, 0.717) is 24.6 Å². The summed E-state index contributed by atoms with van der Waals surface area (Å²) in [6.45, 7) is 1.98. The molecule has 2 heterocycles. The van der Waals surface area contributed by atoms with Crippen molar-refractivity contribution < 1.29 is 19.4 Å². The van der Waals surface area contributed by atoms with E-state index in [0.717, 1.165) is 24.3 Å². The minimum atomic E-state index is -0.0816. The largest absolute Gasteiger partial charge is 0.394 e. The Labute approximate surface area is 116 Å². The molecule has 19 heavy (non-hydrogen) atoms. The number of hydrogen-bond acceptors (Lipinski definition) is 5. The zero-order chi connectivity index (χ0) is 13.5. The van der Waals surface area contributed by atoms with Crippen LogP contribution in [0.1, 0.15) is 33.5 Å². The molecule has 1 aromatic heterocycles. The fourth-order valence-electron chi connectivity index (χ4n) is 1.94. The maximum absolute atomic E-state index is 11.9. The summed E-state index contributed by atoms with van der Waals surface area (Å²) in [4.78, 5) is 13.7. The molecule has 1 amide bonds.